The highest BCUT2D eigenvalue weighted by molar-refractivity contribution is 5.98. The Labute approximate surface area is 135 Å². The Morgan fingerprint density at radius 2 is 2.04 bits per heavy atom. The molecule has 2 aromatic heterocycles. The first kappa shape index (κ1) is 15.1. The largest absolute Gasteiger partial charge is 0.372 e. The SMILES string of the molecule is CNc1ncccc1C(=O)N(C)Cc1[nH]c2ccccc2c1C. The van der Waals surface area contributed by atoms with E-state index in [1.165, 1.54) is 10.9 Å². The lowest BCUT2D eigenvalue weighted by Gasteiger charge is -2.18. The van der Waals surface area contributed by atoms with Crippen molar-refractivity contribution in [1.29, 1.82) is 0 Å². The number of carbonyl (C=O) groups excluding carboxylic acids is 1. The maximum absolute atomic E-state index is 12.7. The lowest BCUT2D eigenvalue weighted by molar-refractivity contribution is 0.0784. The number of fused-ring (bicyclic) bond motifs is 1. The number of nitrogens with zero attached hydrogens (tertiary/aromatic N) is 2. The Morgan fingerprint density at radius 3 is 2.78 bits per heavy atom. The second kappa shape index (κ2) is 6.12. The predicted octanol–water partition coefficient (Wildman–Crippen LogP) is 3.19. The zero-order valence-corrected chi connectivity index (χ0v) is 13.6. The van der Waals surface area contributed by atoms with Gasteiger partial charge in [0.25, 0.3) is 5.91 Å². The molecule has 0 fully saturated rings. The number of nitrogens with one attached hydrogen (secondary N) is 2. The van der Waals surface area contributed by atoms with Crippen LogP contribution in [0.2, 0.25) is 0 Å². The molecule has 1 aromatic carbocycles. The summed E-state index contributed by atoms with van der Waals surface area (Å²) in [6.45, 7) is 2.60. The highest BCUT2D eigenvalue weighted by atomic mass is 16.2. The van der Waals surface area contributed by atoms with Crippen molar-refractivity contribution in [2.45, 2.75) is 13.5 Å². The van der Waals surface area contributed by atoms with Crippen LogP contribution in [0.25, 0.3) is 10.9 Å². The summed E-state index contributed by atoms with van der Waals surface area (Å²) in [4.78, 5) is 22.0. The number of aryl methyl sites for hydroxylation is 1. The van der Waals surface area contributed by atoms with Crippen LogP contribution in [0, 0.1) is 6.92 Å². The van der Waals surface area contributed by atoms with Crippen LogP contribution in [0.1, 0.15) is 21.6 Å². The van der Waals surface area contributed by atoms with Gasteiger partial charge < -0.3 is 15.2 Å². The number of H-pyrrole nitrogens is 1. The van der Waals surface area contributed by atoms with Crippen LogP contribution in [-0.2, 0) is 6.54 Å². The number of rotatable bonds is 4. The van der Waals surface area contributed by atoms with Crippen molar-refractivity contribution in [3.05, 3.63) is 59.4 Å². The first-order chi connectivity index (χ1) is 11.1. The van der Waals surface area contributed by atoms with E-state index >= 15 is 0 Å². The van der Waals surface area contributed by atoms with E-state index in [0.29, 0.717) is 17.9 Å². The quantitative estimate of drug-likeness (QED) is 0.778. The van der Waals surface area contributed by atoms with E-state index in [0.717, 1.165) is 11.2 Å². The van der Waals surface area contributed by atoms with E-state index in [1.807, 2.05) is 18.2 Å². The van der Waals surface area contributed by atoms with Crippen molar-refractivity contribution in [2.75, 3.05) is 19.4 Å². The summed E-state index contributed by atoms with van der Waals surface area (Å²) >= 11 is 0. The fourth-order valence-electron chi connectivity index (χ4n) is 2.79. The molecule has 0 saturated heterocycles. The van der Waals surface area contributed by atoms with Crippen molar-refractivity contribution in [2.24, 2.45) is 0 Å². The van der Waals surface area contributed by atoms with Crippen molar-refractivity contribution in [1.82, 2.24) is 14.9 Å². The minimum atomic E-state index is -0.0551. The summed E-state index contributed by atoms with van der Waals surface area (Å²) in [6, 6.07) is 11.7. The van der Waals surface area contributed by atoms with Crippen molar-refractivity contribution in [3.8, 4) is 0 Å². The van der Waals surface area contributed by atoms with E-state index in [-0.39, 0.29) is 5.91 Å². The second-order valence-electron chi connectivity index (χ2n) is 5.58. The van der Waals surface area contributed by atoms with Crippen LogP contribution in [0.15, 0.2) is 42.6 Å². The molecule has 0 aliphatic carbocycles. The zero-order valence-electron chi connectivity index (χ0n) is 13.6. The molecule has 0 radical (unpaired) electrons. The average Bonchev–Trinajstić information content (AvgIpc) is 2.90. The summed E-state index contributed by atoms with van der Waals surface area (Å²) < 4.78 is 0. The van der Waals surface area contributed by atoms with E-state index in [1.54, 1.807) is 37.3 Å². The van der Waals surface area contributed by atoms with Crippen LogP contribution in [0.4, 0.5) is 5.82 Å². The first-order valence-corrected chi connectivity index (χ1v) is 7.56. The maximum atomic E-state index is 12.7. The molecule has 0 saturated carbocycles. The van der Waals surface area contributed by atoms with Crippen LogP contribution in [0.3, 0.4) is 0 Å². The van der Waals surface area contributed by atoms with E-state index < -0.39 is 0 Å². The molecule has 23 heavy (non-hydrogen) atoms. The number of aromatic nitrogens is 2. The fraction of sp³-hybridized carbons (Fsp3) is 0.222. The van der Waals surface area contributed by atoms with Gasteiger partial charge in [0.1, 0.15) is 5.82 Å². The highest BCUT2D eigenvalue weighted by Crippen LogP contribution is 2.23. The molecule has 5 heteroatoms. The number of para-hydroxylation sites is 1. The molecular formula is C18H20N4O. The molecule has 0 unspecified atom stereocenters. The minimum Gasteiger partial charge on any atom is -0.372 e. The molecule has 0 aliphatic rings. The van der Waals surface area contributed by atoms with Gasteiger partial charge in [-0.05, 0) is 30.7 Å². The fourth-order valence-corrected chi connectivity index (χ4v) is 2.79. The molecule has 0 spiro atoms. The number of hydrogen-bond acceptors (Lipinski definition) is 3. The number of anilines is 1. The Bertz CT molecular complexity index is 853. The molecule has 1 amide bonds. The number of hydrogen-bond donors (Lipinski definition) is 2. The third kappa shape index (κ3) is 2.77. The van der Waals surface area contributed by atoms with E-state index in [9.17, 15) is 4.79 Å². The summed E-state index contributed by atoms with van der Waals surface area (Å²) in [5.41, 5.74) is 3.90. The Balaban J connectivity index is 1.87. The highest BCUT2D eigenvalue weighted by Gasteiger charge is 2.18. The molecule has 0 atom stereocenters. The van der Waals surface area contributed by atoms with Crippen LogP contribution < -0.4 is 5.32 Å². The minimum absolute atomic E-state index is 0.0551. The molecular weight excluding hydrogens is 288 g/mol. The summed E-state index contributed by atoms with van der Waals surface area (Å²) in [5.74, 6) is 0.540. The van der Waals surface area contributed by atoms with Gasteiger partial charge >= 0.3 is 0 Å². The van der Waals surface area contributed by atoms with Gasteiger partial charge in [0.15, 0.2) is 0 Å². The smallest absolute Gasteiger partial charge is 0.257 e. The normalized spacial score (nSPS) is 10.7. The van der Waals surface area contributed by atoms with Gasteiger partial charge in [-0.3, -0.25) is 4.79 Å². The summed E-state index contributed by atoms with van der Waals surface area (Å²) in [6.07, 6.45) is 1.67. The molecule has 3 rings (SSSR count). The topological polar surface area (TPSA) is 61.0 Å². The van der Waals surface area contributed by atoms with E-state index in [4.69, 9.17) is 0 Å². The van der Waals surface area contributed by atoms with E-state index in [2.05, 4.69) is 28.3 Å². The molecule has 0 aliphatic heterocycles. The van der Waals surface area contributed by atoms with Gasteiger partial charge in [-0.2, -0.15) is 0 Å². The summed E-state index contributed by atoms with van der Waals surface area (Å²) in [7, 11) is 3.57. The Morgan fingerprint density at radius 1 is 1.26 bits per heavy atom. The van der Waals surface area contributed by atoms with Crippen molar-refractivity contribution in [3.63, 3.8) is 0 Å². The lowest BCUT2D eigenvalue weighted by atomic mass is 10.1. The molecule has 0 bridgehead atoms. The molecule has 3 aromatic rings. The average molecular weight is 308 g/mol. The predicted molar refractivity (Wildman–Crippen MR) is 92.6 cm³/mol. The number of carbonyl (C=O) groups is 1. The van der Waals surface area contributed by atoms with Crippen molar-refractivity contribution < 1.29 is 4.79 Å². The lowest BCUT2D eigenvalue weighted by Crippen LogP contribution is -2.27. The second-order valence-corrected chi connectivity index (χ2v) is 5.58. The van der Waals surface area contributed by atoms with Crippen LogP contribution in [-0.4, -0.2) is 34.9 Å². The van der Waals surface area contributed by atoms with Crippen molar-refractivity contribution >= 4 is 22.6 Å². The van der Waals surface area contributed by atoms with Gasteiger partial charge in [-0.1, -0.05) is 18.2 Å². The maximum Gasteiger partial charge on any atom is 0.257 e. The third-order valence-electron chi connectivity index (χ3n) is 4.09. The standard InChI is InChI=1S/C18H20N4O/c1-12-13-7-4-5-9-15(13)21-16(12)11-22(3)18(23)14-8-6-10-20-17(14)19-2/h4-10,21H,11H2,1-3H3,(H,19,20). The number of amides is 1. The van der Waals surface area contributed by atoms with Gasteiger partial charge in [0.05, 0.1) is 12.1 Å². The first-order valence-electron chi connectivity index (χ1n) is 7.56. The molecule has 2 heterocycles. The van der Waals surface area contributed by atoms with Gasteiger partial charge in [0, 0.05) is 36.9 Å². The molecule has 5 nitrogen and oxygen atoms in total. The van der Waals surface area contributed by atoms with Gasteiger partial charge in [-0.15, -0.1) is 0 Å². The Kier molecular flexibility index (Phi) is 4.02. The zero-order chi connectivity index (χ0) is 16.4. The van der Waals surface area contributed by atoms with Crippen LogP contribution in [0.5, 0.6) is 0 Å². The van der Waals surface area contributed by atoms with Gasteiger partial charge in [-0.25, -0.2) is 4.98 Å². The monoisotopic (exact) mass is 308 g/mol. The van der Waals surface area contributed by atoms with Crippen LogP contribution >= 0.6 is 0 Å². The molecule has 118 valence electrons. The summed E-state index contributed by atoms with van der Waals surface area (Å²) in [5, 5.41) is 4.16. The van der Waals surface area contributed by atoms with Gasteiger partial charge in [0.2, 0.25) is 0 Å². The molecule has 2 N–H and O–H groups in total. The number of pyridine rings is 1. The third-order valence-corrected chi connectivity index (χ3v) is 4.09. The number of benzene rings is 1. The Hall–Kier alpha value is -2.82. The number of aromatic amines is 1.